The second-order valence-corrected chi connectivity index (χ2v) is 8.62. The van der Waals surface area contributed by atoms with Crippen molar-refractivity contribution in [2.45, 2.75) is 26.2 Å². The Labute approximate surface area is 183 Å². The van der Waals surface area contributed by atoms with Gasteiger partial charge in [0.2, 0.25) is 5.91 Å². The van der Waals surface area contributed by atoms with Crippen molar-refractivity contribution in [3.8, 4) is 5.75 Å². The first-order valence-electron chi connectivity index (χ1n) is 9.51. The molecule has 30 heavy (non-hydrogen) atoms. The van der Waals surface area contributed by atoms with E-state index in [0.29, 0.717) is 30.1 Å². The predicted molar refractivity (Wildman–Crippen MR) is 119 cm³/mol. The number of amides is 2. The Kier molecular flexibility index (Phi) is 6.01. The maximum Gasteiger partial charge on any atom is 0.264 e. The molecule has 0 radical (unpaired) electrons. The maximum atomic E-state index is 12.2. The third-order valence-corrected chi connectivity index (χ3v) is 6.08. The van der Waals surface area contributed by atoms with Crippen LogP contribution < -0.4 is 15.4 Å². The second-order valence-electron chi connectivity index (χ2n) is 7.10. The highest BCUT2D eigenvalue weighted by atomic mass is 35.5. The Bertz CT molecular complexity index is 1110. The first-order chi connectivity index (χ1) is 14.5. The third-order valence-electron chi connectivity index (χ3n) is 4.76. The molecule has 0 bridgehead atoms. The summed E-state index contributed by atoms with van der Waals surface area (Å²) in [5.74, 6) is 0.334. The number of hydrogen-bond acceptors (Lipinski definition) is 5. The smallest absolute Gasteiger partial charge is 0.264 e. The van der Waals surface area contributed by atoms with Crippen LogP contribution in [0.3, 0.4) is 0 Å². The molecule has 0 saturated heterocycles. The molecule has 0 saturated carbocycles. The number of halogens is 1. The van der Waals surface area contributed by atoms with Crippen LogP contribution in [0.5, 0.6) is 5.75 Å². The van der Waals surface area contributed by atoms with Crippen LogP contribution >= 0.6 is 22.9 Å². The summed E-state index contributed by atoms with van der Waals surface area (Å²) in [6, 6.07) is 11.4. The summed E-state index contributed by atoms with van der Waals surface area (Å²) in [5.41, 5.74) is 3.95. The summed E-state index contributed by atoms with van der Waals surface area (Å²) >= 11 is 7.61. The number of fused-ring (bicyclic) bond motifs is 1. The maximum absolute atomic E-state index is 12.2. The number of benzene rings is 2. The van der Waals surface area contributed by atoms with Gasteiger partial charge in [0.05, 0.1) is 0 Å². The van der Waals surface area contributed by atoms with Crippen LogP contribution in [0, 0.1) is 6.92 Å². The van der Waals surface area contributed by atoms with Crippen LogP contribution in [0.4, 0.5) is 10.8 Å². The van der Waals surface area contributed by atoms with Gasteiger partial charge >= 0.3 is 0 Å². The molecule has 8 heteroatoms. The lowest BCUT2D eigenvalue weighted by Gasteiger charge is -2.17. The van der Waals surface area contributed by atoms with E-state index in [-0.39, 0.29) is 18.4 Å². The van der Waals surface area contributed by atoms with Gasteiger partial charge in [-0.15, -0.1) is 11.3 Å². The quantitative estimate of drug-likeness (QED) is 0.586. The lowest BCUT2D eigenvalue weighted by Crippen LogP contribution is -2.21. The molecule has 0 aliphatic carbocycles. The molecule has 2 aromatic carbocycles. The summed E-state index contributed by atoms with van der Waals surface area (Å²) in [4.78, 5) is 28.9. The second kappa shape index (κ2) is 8.85. The Morgan fingerprint density at radius 3 is 2.97 bits per heavy atom. The van der Waals surface area contributed by atoms with Gasteiger partial charge in [0, 0.05) is 34.6 Å². The van der Waals surface area contributed by atoms with E-state index in [1.54, 1.807) is 18.3 Å². The van der Waals surface area contributed by atoms with Gasteiger partial charge in [-0.1, -0.05) is 23.7 Å². The van der Waals surface area contributed by atoms with Crippen molar-refractivity contribution >= 4 is 45.6 Å². The number of carbonyl (C=O) groups excluding carboxylic acids is 2. The minimum atomic E-state index is -0.277. The fourth-order valence-corrected chi connectivity index (χ4v) is 4.21. The summed E-state index contributed by atoms with van der Waals surface area (Å²) in [6.07, 6.45) is 3.58. The van der Waals surface area contributed by atoms with E-state index in [1.807, 2.05) is 31.2 Å². The monoisotopic (exact) mass is 441 g/mol. The Morgan fingerprint density at radius 1 is 1.27 bits per heavy atom. The Hall–Kier alpha value is -2.90. The van der Waals surface area contributed by atoms with Crippen molar-refractivity contribution in [3.63, 3.8) is 0 Å². The molecule has 154 valence electrons. The van der Waals surface area contributed by atoms with Gasteiger partial charge in [0.25, 0.3) is 5.91 Å². The first kappa shape index (κ1) is 20.4. The summed E-state index contributed by atoms with van der Waals surface area (Å²) in [5, 5.41) is 6.86. The Balaban J connectivity index is 1.30. The molecule has 0 spiro atoms. The van der Waals surface area contributed by atoms with Gasteiger partial charge in [0.15, 0.2) is 11.7 Å². The largest absolute Gasteiger partial charge is 0.484 e. The van der Waals surface area contributed by atoms with Gasteiger partial charge in [-0.05, 0) is 54.3 Å². The SMILES string of the molecule is Cc1ccc(Cc2cnc(NC(=O)COc3ccc4c(c3)CCC(=O)N4)s2)cc1Cl. The number of aromatic nitrogens is 1. The molecule has 2 heterocycles. The van der Waals surface area contributed by atoms with Crippen LogP contribution in [-0.4, -0.2) is 23.4 Å². The number of rotatable bonds is 6. The highest BCUT2D eigenvalue weighted by molar-refractivity contribution is 7.15. The number of carbonyl (C=O) groups is 2. The summed E-state index contributed by atoms with van der Waals surface area (Å²) in [6.45, 7) is 1.85. The summed E-state index contributed by atoms with van der Waals surface area (Å²) in [7, 11) is 0. The Morgan fingerprint density at radius 2 is 2.13 bits per heavy atom. The van der Waals surface area contributed by atoms with Gasteiger partial charge in [-0.25, -0.2) is 4.98 Å². The zero-order valence-electron chi connectivity index (χ0n) is 16.3. The van der Waals surface area contributed by atoms with Crippen LogP contribution in [0.1, 0.15) is 28.0 Å². The first-order valence-corrected chi connectivity index (χ1v) is 10.7. The van der Waals surface area contributed by atoms with Crippen molar-refractivity contribution < 1.29 is 14.3 Å². The molecule has 1 aromatic heterocycles. The number of aryl methyl sites for hydroxylation is 2. The minimum Gasteiger partial charge on any atom is -0.484 e. The molecule has 0 unspecified atom stereocenters. The van der Waals surface area contributed by atoms with E-state index in [4.69, 9.17) is 16.3 Å². The highest BCUT2D eigenvalue weighted by Crippen LogP contribution is 2.27. The average molecular weight is 442 g/mol. The number of anilines is 2. The normalized spacial score (nSPS) is 12.8. The van der Waals surface area contributed by atoms with Gasteiger partial charge < -0.3 is 10.1 Å². The van der Waals surface area contributed by atoms with E-state index in [9.17, 15) is 9.59 Å². The zero-order chi connectivity index (χ0) is 21.1. The molecule has 0 atom stereocenters. The molecule has 1 aliphatic rings. The van der Waals surface area contributed by atoms with Crippen molar-refractivity contribution in [1.29, 1.82) is 0 Å². The lowest BCUT2D eigenvalue weighted by molar-refractivity contribution is -0.118. The molecule has 2 N–H and O–H groups in total. The van der Waals surface area contributed by atoms with Gasteiger partial charge in [0.1, 0.15) is 5.75 Å². The molecule has 6 nitrogen and oxygen atoms in total. The topological polar surface area (TPSA) is 80.3 Å². The molecule has 2 amide bonds. The molecular formula is C22H20ClN3O3S. The average Bonchev–Trinajstić information content (AvgIpc) is 3.15. The van der Waals surface area contributed by atoms with E-state index in [2.05, 4.69) is 15.6 Å². The third kappa shape index (κ3) is 4.98. The van der Waals surface area contributed by atoms with E-state index in [0.717, 1.165) is 32.3 Å². The number of nitrogens with zero attached hydrogens (tertiary/aromatic N) is 1. The van der Waals surface area contributed by atoms with Crippen LogP contribution in [0.15, 0.2) is 42.6 Å². The fourth-order valence-electron chi connectivity index (χ4n) is 3.15. The zero-order valence-corrected chi connectivity index (χ0v) is 17.9. The van der Waals surface area contributed by atoms with Crippen molar-refractivity contribution in [2.75, 3.05) is 17.2 Å². The van der Waals surface area contributed by atoms with Crippen molar-refractivity contribution in [1.82, 2.24) is 4.98 Å². The highest BCUT2D eigenvalue weighted by Gasteiger charge is 2.15. The van der Waals surface area contributed by atoms with Crippen LogP contribution in [0.25, 0.3) is 0 Å². The number of nitrogens with one attached hydrogen (secondary N) is 2. The van der Waals surface area contributed by atoms with Crippen LogP contribution in [0.2, 0.25) is 5.02 Å². The van der Waals surface area contributed by atoms with E-state index in [1.165, 1.54) is 11.3 Å². The van der Waals surface area contributed by atoms with Crippen molar-refractivity contribution in [3.05, 3.63) is 69.2 Å². The lowest BCUT2D eigenvalue weighted by atomic mass is 10.0. The molecule has 3 aromatic rings. The molecule has 0 fully saturated rings. The molecule has 1 aliphatic heterocycles. The molecular weight excluding hydrogens is 422 g/mol. The van der Waals surface area contributed by atoms with E-state index < -0.39 is 0 Å². The predicted octanol–water partition coefficient (Wildman–Crippen LogP) is 4.60. The van der Waals surface area contributed by atoms with Crippen LogP contribution in [-0.2, 0) is 22.4 Å². The fraction of sp³-hybridized carbons (Fsp3) is 0.227. The van der Waals surface area contributed by atoms with Crippen molar-refractivity contribution in [2.24, 2.45) is 0 Å². The number of ether oxygens (including phenoxy) is 1. The number of thiazole rings is 1. The molecule has 4 rings (SSSR count). The number of hydrogen-bond donors (Lipinski definition) is 2. The van der Waals surface area contributed by atoms with Gasteiger partial charge in [-0.2, -0.15) is 0 Å². The minimum absolute atomic E-state index is 0.0174. The summed E-state index contributed by atoms with van der Waals surface area (Å²) < 4.78 is 5.60. The standard InChI is InChI=1S/C22H20ClN3O3S/c1-13-2-3-14(9-18(13)23)8-17-11-24-22(30-17)26-21(28)12-29-16-5-6-19-15(10-16)4-7-20(27)25-19/h2-3,5-6,9-11H,4,7-8,12H2,1H3,(H,25,27)(H,24,26,28). The van der Waals surface area contributed by atoms with Gasteiger partial charge in [-0.3, -0.25) is 14.9 Å². The van der Waals surface area contributed by atoms with E-state index >= 15 is 0 Å².